The fraction of sp³-hybridized carbons (Fsp3) is 0.500. The molecule has 1 aliphatic heterocycles. The topological polar surface area (TPSA) is 120 Å². The van der Waals surface area contributed by atoms with Gasteiger partial charge in [-0.25, -0.2) is 9.97 Å². The smallest absolute Gasteiger partial charge is 0.353 e. The third kappa shape index (κ3) is 5.83. The molecule has 1 saturated heterocycles. The van der Waals surface area contributed by atoms with Crippen LogP contribution >= 0.6 is 0 Å². The summed E-state index contributed by atoms with van der Waals surface area (Å²) in [5, 5.41) is 14.9. The van der Waals surface area contributed by atoms with Gasteiger partial charge in [0.2, 0.25) is 11.6 Å². The molecule has 1 aromatic heterocycles. The highest BCUT2D eigenvalue weighted by molar-refractivity contribution is 5.76. The number of anilines is 3. The molecule has 10 heteroatoms. The van der Waals surface area contributed by atoms with Crippen molar-refractivity contribution in [3.63, 3.8) is 0 Å². The van der Waals surface area contributed by atoms with Crippen LogP contribution in [0.5, 0.6) is 5.75 Å². The molecule has 2 aromatic rings. The summed E-state index contributed by atoms with van der Waals surface area (Å²) in [6.07, 6.45) is 4.46. The monoisotopic (exact) mass is 443 g/mol. The molecule has 1 N–H and O–H groups in total. The maximum Gasteiger partial charge on any atom is 0.353 e. The largest absolute Gasteiger partial charge is 0.494 e. The summed E-state index contributed by atoms with van der Waals surface area (Å²) in [7, 11) is 0. The number of carbonyl (C=O) groups excluding carboxylic acids is 1. The molecule has 1 aliphatic rings. The summed E-state index contributed by atoms with van der Waals surface area (Å²) in [5.74, 6) is 0.699. The van der Waals surface area contributed by atoms with Crippen molar-refractivity contribution in [2.45, 2.75) is 39.5 Å². The molecule has 0 spiro atoms. The number of ether oxygens (including phenoxy) is 2. The first kappa shape index (κ1) is 23.2. The maximum absolute atomic E-state index is 12.0. The van der Waals surface area contributed by atoms with E-state index in [0.717, 1.165) is 18.6 Å². The minimum atomic E-state index is -0.475. The standard InChI is InChI=1S/C22H29N5O5/c1-3-5-14-32-18-8-6-17(7-9-18)25-20-19(27(29)30)21(24-15-23-20)26-12-10-16(11-13-26)22(28)31-4-2/h6-9,15-16H,3-5,10-14H2,1-2H3,(H,23,24,25). The van der Waals surface area contributed by atoms with Crippen LogP contribution in [0.2, 0.25) is 0 Å². The Bertz CT molecular complexity index is 913. The predicted octanol–water partition coefficient (Wildman–Crippen LogP) is 4.09. The fourth-order valence-electron chi connectivity index (χ4n) is 3.55. The lowest BCUT2D eigenvalue weighted by Gasteiger charge is -2.31. The Morgan fingerprint density at radius 3 is 2.56 bits per heavy atom. The van der Waals surface area contributed by atoms with Gasteiger partial charge in [-0.3, -0.25) is 14.9 Å². The van der Waals surface area contributed by atoms with Crippen molar-refractivity contribution in [3.05, 3.63) is 40.7 Å². The minimum absolute atomic E-state index is 0.118. The first-order valence-electron chi connectivity index (χ1n) is 10.9. The van der Waals surface area contributed by atoms with Crippen molar-refractivity contribution >= 4 is 29.0 Å². The summed E-state index contributed by atoms with van der Waals surface area (Å²) >= 11 is 0. The van der Waals surface area contributed by atoms with Gasteiger partial charge in [0.05, 0.1) is 24.1 Å². The van der Waals surface area contributed by atoms with Gasteiger partial charge >= 0.3 is 11.7 Å². The number of carbonyl (C=O) groups is 1. The Morgan fingerprint density at radius 1 is 1.22 bits per heavy atom. The van der Waals surface area contributed by atoms with Crippen LogP contribution in [0.3, 0.4) is 0 Å². The van der Waals surface area contributed by atoms with Gasteiger partial charge in [0, 0.05) is 18.8 Å². The van der Waals surface area contributed by atoms with Crippen molar-refractivity contribution in [2.75, 3.05) is 36.5 Å². The number of unbranched alkanes of at least 4 members (excludes halogenated alkanes) is 1. The van der Waals surface area contributed by atoms with E-state index >= 15 is 0 Å². The summed E-state index contributed by atoms with van der Waals surface area (Å²) in [6.45, 7) is 5.82. The first-order chi connectivity index (χ1) is 15.5. The lowest BCUT2D eigenvalue weighted by atomic mass is 9.97. The Labute approximate surface area is 187 Å². The predicted molar refractivity (Wildman–Crippen MR) is 120 cm³/mol. The molecule has 10 nitrogen and oxygen atoms in total. The zero-order valence-corrected chi connectivity index (χ0v) is 18.5. The average molecular weight is 444 g/mol. The molecule has 0 saturated carbocycles. The van der Waals surface area contributed by atoms with E-state index in [4.69, 9.17) is 9.47 Å². The number of aromatic nitrogens is 2. The van der Waals surface area contributed by atoms with Crippen LogP contribution in [-0.2, 0) is 9.53 Å². The molecule has 0 aliphatic carbocycles. The Morgan fingerprint density at radius 2 is 1.94 bits per heavy atom. The van der Waals surface area contributed by atoms with Crippen molar-refractivity contribution in [1.82, 2.24) is 9.97 Å². The molecule has 2 heterocycles. The lowest BCUT2D eigenvalue weighted by Crippen LogP contribution is -2.37. The van der Waals surface area contributed by atoms with Gasteiger partial charge in [-0.15, -0.1) is 0 Å². The zero-order chi connectivity index (χ0) is 22.9. The molecule has 1 aromatic carbocycles. The maximum atomic E-state index is 12.0. The lowest BCUT2D eigenvalue weighted by molar-refractivity contribution is -0.383. The second kappa shape index (κ2) is 11.3. The molecule has 172 valence electrons. The van der Waals surface area contributed by atoms with Crippen molar-refractivity contribution in [3.8, 4) is 5.75 Å². The third-order valence-corrected chi connectivity index (χ3v) is 5.28. The second-order valence-electron chi connectivity index (χ2n) is 7.52. The molecule has 0 bridgehead atoms. The number of rotatable bonds is 10. The Hall–Kier alpha value is -3.43. The molecule has 3 rings (SSSR count). The van der Waals surface area contributed by atoms with E-state index in [0.29, 0.717) is 44.8 Å². The SMILES string of the molecule is CCCCOc1ccc(Nc2ncnc(N3CCC(C(=O)OCC)CC3)c2[N+](=O)[O-])cc1. The summed E-state index contributed by atoms with van der Waals surface area (Å²) in [4.78, 5) is 33.5. The van der Waals surface area contributed by atoms with Gasteiger partial charge in [-0.1, -0.05) is 13.3 Å². The number of nitro groups is 1. The summed E-state index contributed by atoms with van der Waals surface area (Å²) < 4.78 is 10.7. The molecular weight excluding hydrogens is 414 g/mol. The van der Waals surface area contributed by atoms with E-state index in [-0.39, 0.29) is 29.2 Å². The van der Waals surface area contributed by atoms with Crippen LogP contribution in [-0.4, -0.2) is 47.2 Å². The van der Waals surface area contributed by atoms with Crippen LogP contribution in [0, 0.1) is 16.0 Å². The van der Waals surface area contributed by atoms with Crippen LogP contribution in [0.4, 0.5) is 23.0 Å². The van der Waals surface area contributed by atoms with Crippen LogP contribution in [0.1, 0.15) is 39.5 Å². The number of hydrogen-bond donors (Lipinski definition) is 1. The van der Waals surface area contributed by atoms with E-state index in [1.807, 2.05) is 17.0 Å². The Kier molecular flexibility index (Phi) is 8.18. The number of hydrogen-bond acceptors (Lipinski definition) is 9. The number of nitrogens with zero attached hydrogens (tertiary/aromatic N) is 4. The second-order valence-corrected chi connectivity index (χ2v) is 7.52. The van der Waals surface area contributed by atoms with E-state index in [1.165, 1.54) is 6.33 Å². The molecule has 0 amide bonds. The number of piperidine rings is 1. The van der Waals surface area contributed by atoms with Crippen LogP contribution in [0.25, 0.3) is 0 Å². The van der Waals surface area contributed by atoms with Gasteiger partial charge < -0.3 is 19.7 Å². The van der Waals surface area contributed by atoms with E-state index < -0.39 is 4.92 Å². The molecule has 0 radical (unpaired) electrons. The van der Waals surface area contributed by atoms with Crippen molar-refractivity contribution in [2.24, 2.45) is 5.92 Å². The number of nitrogens with one attached hydrogen (secondary N) is 1. The highest BCUT2D eigenvalue weighted by Crippen LogP contribution is 2.35. The van der Waals surface area contributed by atoms with Gasteiger partial charge in [0.1, 0.15) is 12.1 Å². The highest BCUT2D eigenvalue weighted by Gasteiger charge is 2.32. The van der Waals surface area contributed by atoms with Crippen LogP contribution < -0.4 is 15.0 Å². The third-order valence-electron chi connectivity index (χ3n) is 5.28. The molecule has 32 heavy (non-hydrogen) atoms. The van der Waals surface area contributed by atoms with Crippen molar-refractivity contribution in [1.29, 1.82) is 0 Å². The van der Waals surface area contributed by atoms with Gasteiger partial charge in [0.15, 0.2) is 0 Å². The molecule has 0 atom stereocenters. The zero-order valence-electron chi connectivity index (χ0n) is 18.5. The molecule has 1 fully saturated rings. The van der Waals surface area contributed by atoms with Gasteiger partial charge in [-0.2, -0.15) is 0 Å². The number of esters is 1. The quantitative estimate of drug-likeness (QED) is 0.250. The summed E-state index contributed by atoms with van der Waals surface area (Å²) in [5.41, 5.74) is 0.465. The van der Waals surface area contributed by atoms with E-state index in [1.54, 1.807) is 19.1 Å². The van der Waals surface area contributed by atoms with E-state index in [9.17, 15) is 14.9 Å². The van der Waals surface area contributed by atoms with Crippen LogP contribution in [0.15, 0.2) is 30.6 Å². The first-order valence-corrected chi connectivity index (χ1v) is 10.9. The average Bonchev–Trinajstić information content (AvgIpc) is 2.80. The van der Waals surface area contributed by atoms with Gasteiger partial charge in [-0.05, 0) is 50.5 Å². The van der Waals surface area contributed by atoms with E-state index in [2.05, 4.69) is 22.2 Å². The molecule has 0 unspecified atom stereocenters. The summed E-state index contributed by atoms with van der Waals surface area (Å²) in [6, 6.07) is 7.20. The normalized spacial score (nSPS) is 14.1. The Balaban J connectivity index is 1.73. The minimum Gasteiger partial charge on any atom is -0.494 e. The van der Waals surface area contributed by atoms with Gasteiger partial charge in [0.25, 0.3) is 0 Å². The molecular formula is C22H29N5O5. The van der Waals surface area contributed by atoms with Crippen molar-refractivity contribution < 1.29 is 19.2 Å². The number of benzene rings is 1. The fourth-order valence-corrected chi connectivity index (χ4v) is 3.55. The highest BCUT2D eigenvalue weighted by atomic mass is 16.6.